The van der Waals surface area contributed by atoms with Crippen LogP contribution in [0.25, 0.3) is 0 Å². The number of hydrogen-bond acceptors (Lipinski definition) is 4. The third-order valence-corrected chi connectivity index (χ3v) is 4.61. The smallest absolute Gasteiger partial charge is 0.238 e. The highest BCUT2D eigenvalue weighted by molar-refractivity contribution is 5.92. The Morgan fingerprint density at radius 1 is 1.07 bits per heavy atom. The number of rotatable bonds is 7. The summed E-state index contributed by atoms with van der Waals surface area (Å²) in [5, 5.41) is 2.74. The SMILES string of the molecule is Cc1cccc(OCCN2CCN(CC(=O)Nc3cccc(F)c3)CC2)c1. The molecule has 1 fully saturated rings. The molecule has 144 valence electrons. The van der Waals surface area contributed by atoms with E-state index in [2.05, 4.69) is 28.1 Å². The molecule has 1 N–H and O–H groups in total. The topological polar surface area (TPSA) is 44.8 Å². The Kier molecular flexibility index (Phi) is 6.79. The monoisotopic (exact) mass is 371 g/mol. The number of aryl methyl sites for hydroxylation is 1. The van der Waals surface area contributed by atoms with Crippen LogP contribution < -0.4 is 10.1 Å². The number of ether oxygens (including phenoxy) is 1. The first-order valence-electron chi connectivity index (χ1n) is 9.28. The van der Waals surface area contributed by atoms with Crippen LogP contribution in [0.2, 0.25) is 0 Å². The molecule has 5 nitrogen and oxygen atoms in total. The highest BCUT2D eigenvalue weighted by Gasteiger charge is 2.19. The summed E-state index contributed by atoms with van der Waals surface area (Å²) in [6, 6.07) is 14.0. The number of halogens is 1. The molecule has 0 atom stereocenters. The Balaban J connectivity index is 1.34. The summed E-state index contributed by atoms with van der Waals surface area (Å²) >= 11 is 0. The molecule has 2 aromatic carbocycles. The maximum absolute atomic E-state index is 13.2. The average molecular weight is 371 g/mol. The molecule has 1 aliphatic heterocycles. The van der Waals surface area contributed by atoms with Crippen LogP contribution in [0.1, 0.15) is 5.56 Å². The summed E-state index contributed by atoms with van der Waals surface area (Å²) in [6.07, 6.45) is 0. The van der Waals surface area contributed by atoms with Gasteiger partial charge in [-0.2, -0.15) is 0 Å². The number of piperazine rings is 1. The molecule has 0 aromatic heterocycles. The summed E-state index contributed by atoms with van der Waals surface area (Å²) in [5.41, 5.74) is 1.68. The molecule has 3 rings (SSSR count). The molecule has 1 amide bonds. The van der Waals surface area contributed by atoms with Crippen molar-refractivity contribution in [1.82, 2.24) is 9.80 Å². The van der Waals surface area contributed by atoms with E-state index in [1.165, 1.54) is 17.7 Å². The van der Waals surface area contributed by atoms with Crippen LogP contribution in [-0.4, -0.2) is 61.6 Å². The number of anilines is 1. The van der Waals surface area contributed by atoms with Gasteiger partial charge in [0, 0.05) is 38.4 Å². The number of nitrogens with one attached hydrogen (secondary N) is 1. The van der Waals surface area contributed by atoms with Crippen LogP contribution in [0.3, 0.4) is 0 Å². The fourth-order valence-electron chi connectivity index (χ4n) is 3.14. The zero-order valence-electron chi connectivity index (χ0n) is 15.7. The van der Waals surface area contributed by atoms with Crippen LogP contribution in [-0.2, 0) is 4.79 Å². The molecule has 27 heavy (non-hydrogen) atoms. The van der Waals surface area contributed by atoms with Crippen molar-refractivity contribution in [3.8, 4) is 5.75 Å². The van der Waals surface area contributed by atoms with E-state index in [1.807, 2.05) is 18.2 Å². The van der Waals surface area contributed by atoms with Crippen molar-refractivity contribution in [3.05, 3.63) is 59.9 Å². The van der Waals surface area contributed by atoms with Gasteiger partial charge in [0.1, 0.15) is 18.2 Å². The lowest BCUT2D eigenvalue weighted by molar-refractivity contribution is -0.117. The van der Waals surface area contributed by atoms with Gasteiger partial charge in [0.15, 0.2) is 0 Å². The van der Waals surface area contributed by atoms with E-state index in [0.29, 0.717) is 18.8 Å². The molecule has 1 aliphatic rings. The third kappa shape index (κ3) is 6.34. The zero-order valence-corrected chi connectivity index (χ0v) is 15.7. The standard InChI is InChI=1S/C21H26FN3O2/c1-17-4-2-7-20(14-17)27-13-12-24-8-10-25(11-9-24)16-21(26)23-19-6-3-5-18(22)15-19/h2-7,14-15H,8-13,16H2,1H3,(H,23,26). The fourth-order valence-corrected chi connectivity index (χ4v) is 3.14. The Hall–Kier alpha value is -2.44. The lowest BCUT2D eigenvalue weighted by Crippen LogP contribution is -2.49. The fraction of sp³-hybridized carbons (Fsp3) is 0.381. The summed E-state index contributed by atoms with van der Waals surface area (Å²) in [4.78, 5) is 16.6. The maximum Gasteiger partial charge on any atom is 0.238 e. The molecule has 0 bridgehead atoms. The van der Waals surface area contributed by atoms with Gasteiger partial charge in [-0.1, -0.05) is 18.2 Å². The van der Waals surface area contributed by atoms with Crippen LogP contribution >= 0.6 is 0 Å². The van der Waals surface area contributed by atoms with E-state index in [-0.39, 0.29) is 11.7 Å². The lowest BCUT2D eigenvalue weighted by atomic mass is 10.2. The van der Waals surface area contributed by atoms with E-state index >= 15 is 0 Å². The predicted molar refractivity (Wildman–Crippen MR) is 105 cm³/mol. The average Bonchev–Trinajstić information content (AvgIpc) is 2.63. The molecule has 6 heteroatoms. The second-order valence-corrected chi connectivity index (χ2v) is 6.84. The van der Waals surface area contributed by atoms with E-state index in [9.17, 15) is 9.18 Å². The van der Waals surface area contributed by atoms with Gasteiger partial charge in [0.25, 0.3) is 0 Å². The Bertz CT molecular complexity index is 761. The van der Waals surface area contributed by atoms with Crippen LogP contribution in [0.5, 0.6) is 5.75 Å². The van der Waals surface area contributed by atoms with Gasteiger partial charge in [0.05, 0.1) is 6.54 Å². The van der Waals surface area contributed by atoms with E-state index in [1.54, 1.807) is 12.1 Å². The van der Waals surface area contributed by atoms with E-state index < -0.39 is 0 Å². The van der Waals surface area contributed by atoms with Crippen molar-refractivity contribution in [3.63, 3.8) is 0 Å². The van der Waals surface area contributed by atoms with Crippen molar-refractivity contribution >= 4 is 11.6 Å². The molecule has 0 spiro atoms. The van der Waals surface area contributed by atoms with Gasteiger partial charge in [-0.25, -0.2) is 4.39 Å². The van der Waals surface area contributed by atoms with Gasteiger partial charge in [-0.3, -0.25) is 14.6 Å². The Morgan fingerprint density at radius 3 is 2.56 bits per heavy atom. The van der Waals surface area contributed by atoms with Gasteiger partial charge < -0.3 is 10.1 Å². The largest absolute Gasteiger partial charge is 0.492 e. The molecular formula is C21H26FN3O2. The number of hydrogen-bond donors (Lipinski definition) is 1. The first-order valence-corrected chi connectivity index (χ1v) is 9.28. The predicted octanol–water partition coefficient (Wildman–Crippen LogP) is 2.77. The van der Waals surface area contributed by atoms with Gasteiger partial charge in [-0.15, -0.1) is 0 Å². The van der Waals surface area contributed by atoms with Crippen molar-refractivity contribution in [1.29, 1.82) is 0 Å². The molecule has 0 radical (unpaired) electrons. The maximum atomic E-state index is 13.2. The van der Waals surface area contributed by atoms with Crippen molar-refractivity contribution in [2.75, 3.05) is 51.2 Å². The number of nitrogens with zero attached hydrogens (tertiary/aromatic N) is 2. The van der Waals surface area contributed by atoms with Crippen LogP contribution in [0.4, 0.5) is 10.1 Å². The van der Waals surface area contributed by atoms with Crippen molar-refractivity contribution < 1.29 is 13.9 Å². The summed E-state index contributed by atoms with van der Waals surface area (Å²) in [5.74, 6) is 0.439. The highest BCUT2D eigenvalue weighted by Crippen LogP contribution is 2.13. The van der Waals surface area contributed by atoms with Crippen molar-refractivity contribution in [2.45, 2.75) is 6.92 Å². The molecular weight excluding hydrogens is 345 g/mol. The summed E-state index contributed by atoms with van der Waals surface area (Å²) in [6.45, 7) is 7.39. The quantitative estimate of drug-likeness (QED) is 0.813. The first-order chi connectivity index (χ1) is 13.1. The number of carbonyl (C=O) groups is 1. The second kappa shape index (κ2) is 9.48. The van der Waals surface area contributed by atoms with Gasteiger partial charge >= 0.3 is 0 Å². The minimum Gasteiger partial charge on any atom is -0.492 e. The molecule has 2 aromatic rings. The van der Waals surface area contributed by atoms with Crippen LogP contribution in [0, 0.1) is 12.7 Å². The highest BCUT2D eigenvalue weighted by atomic mass is 19.1. The summed E-state index contributed by atoms with van der Waals surface area (Å²) < 4.78 is 19.0. The second-order valence-electron chi connectivity index (χ2n) is 6.84. The van der Waals surface area contributed by atoms with Crippen molar-refractivity contribution in [2.24, 2.45) is 0 Å². The third-order valence-electron chi connectivity index (χ3n) is 4.61. The minimum absolute atomic E-state index is 0.114. The Labute approximate surface area is 159 Å². The van der Waals surface area contributed by atoms with Gasteiger partial charge in [-0.05, 0) is 42.8 Å². The van der Waals surface area contributed by atoms with Crippen LogP contribution in [0.15, 0.2) is 48.5 Å². The Morgan fingerprint density at radius 2 is 1.81 bits per heavy atom. The number of amides is 1. The zero-order chi connectivity index (χ0) is 19.1. The summed E-state index contributed by atoms with van der Waals surface area (Å²) in [7, 11) is 0. The normalized spacial score (nSPS) is 15.5. The molecule has 0 saturated carbocycles. The minimum atomic E-state index is -0.353. The molecule has 0 aliphatic carbocycles. The molecule has 1 saturated heterocycles. The molecule has 0 unspecified atom stereocenters. The van der Waals surface area contributed by atoms with Gasteiger partial charge in [0.2, 0.25) is 5.91 Å². The number of benzene rings is 2. The van der Waals surface area contributed by atoms with E-state index in [0.717, 1.165) is 38.5 Å². The van der Waals surface area contributed by atoms with E-state index in [4.69, 9.17) is 4.74 Å². The lowest BCUT2D eigenvalue weighted by Gasteiger charge is -2.34. The molecule has 1 heterocycles. The number of carbonyl (C=O) groups excluding carboxylic acids is 1. The first kappa shape index (κ1) is 19.3.